The van der Waals surface area contributed by atoms with E-state index in [9.17, 15) is 13.2 Å². The van der Waals surface area contributed by atoms with Crippen LogP contribution in [0.1, 0.15) is 11.1 Å². The van der Waals surface area contributed by atoms with E-state index in [1.807, 2.05) is 26.0 Å². The molecule has 0 saturated carbocycles. The normalized spacial score (nSPS) is 11.1. The fourth-order valence-electron chi connectivity index (χ4n) is 3.00. The highest BCUT2D eigenvalue weighted by Crippen LogP contribution is 2.27. The maximum atomic E-state index is 13.4. The summed E-state index contributed by atoms with van der Waals surface area (Å²) in [5.41, 5.74) is 2.92. The van der Waals surface area contributed by atoms with Crippen LogP contribution >= 0.6 is 11.6 Å². The van der Waals surface area contributed by atoms with Crippen molar-refractivity contribution in [3.63, 3.8) is 0 Å². The Hall–Kier alpha value is -3.03. The Kier molecular flexibility index (Phi) is 6.87. The monoisotopic (exact) mass is 458 g/mol. The third-order valence-corrected chi connectivity index (χ3v) is 6.97. The van der Waals surface area contributed by atoms with Crippen LogP contribution in [-0.4, -0.2) is 28.0 Å². The smallest absolute Gasteiger partial charge is 0.264 e. The summed E-state index contributed by atoms with van der Waals surface area (Å²) in [6, 6.07) is 17.9. The molecule has 0 aromatic heterocycles. The van der Waals surface area contributed by atoms with Gasteiger partial charge < -0.3 is 10.1 Å². The minimum atomic E-state index is -4.02. The summed E-state index contributed by atoms with van der Waals surface area (Å²) in [6.45, 7) is 3.44. The third kappa shape index (κ3) is 5.18. The van der Waals surface area contributed by atoms with Gasteiger partial charge in [0.1, 0.15) is 12.3 Å². The second-order valence-corrected chi connectivity index (χ2v) is 9.26. The lowest BCUT2D eigenvalue weighted by Gasteiger charge is -2.24. The lowest BCUT2D eigenvalue weighted by molar-refractivity contribution is -0.114. The third-order valence-electron chi connectivity index (χ3n) is 4.93. The number of halogens is 1. The number of anilines is 2. The van der Waals surface area contributed by atoms with Crippen LogP contribution in [0.25, 0.3) is 0 Å². The van der Waals surface area contributed by atoms with E-state index in [0.717, 1.165) is 15.4 Å². The second-order valence-electron chi connectivity index (χ2n) is 6.96. The molecule has 0 spiro atoms. The fourth-order valence-corrected chi connectivity index (χ4v) is 4.55. The first-order valence-corrected chi connectivity index (χ1v) is 11.3. The number of amides is 1. The standard InChI is InChI=1S/C23H23ClN2O4S/c1-16-5-4-6-22(17(16)2)25-23(27)15-26(19-9-7-18(24)8-10-19)31(28,29)21-13-11-20(30-3)12-14-21/h4-14H,15H2,1-3H3,(H,25,27). The molecule has 0 aliphatic rings. The van der Waals surface area contributed by atoms with Crippen LogP contribution in [-0.2, 0) is 14.8 Å². The van der Waals surface area contributed by atoms with Crippen molar-refractivity contribution in [2.45, 2.75) is 18.7 Å². The van der Waals surface area contributed by atoms with Gasteiger partial charge in [0.2, 0.25) is 5.91 Å². The van der Waals surface area contributed by atoms with Crippen molar-refractivity contribution >= 4 is 38.9 Å². The topological polar surface area (TPSA) is 75.7 Å². The van der Waals surface area contributed by atoms with E-state index < -0.39 is 22.5 Å². The van der Waals surface area contributed by atoms with Gasteiger partial charge in [0, 0.05) is 10.7 Å². The van der Waals surface area contributed by atoms with E-state index in [1.165, 1.54) is 19.2 Å². The number of ether oxygens (including phenoxy) is 1. The van der Waals surface area contributed by atoms with Crippen LogP contribution in [0.15, 0.2) is 71.6 Å². The van der Waals surface area contributed by atoms with E-state index >= 15 is 0 Å². The van der Waals surface area contributed by atoms with Gasteiger partial charge in [-0.15, -0.1) is 0 Å². The van der Waals surface area contributed by atoms with Crippen LogP contribution in [0.3, 0.4) is 0 Å². The van der Waals surface area contributed by atoms with Crippen LogP contribution in [0.4, 0.5) is 11.4 Å². The minimum absolute atomic E-state index is 0.0442. The molecule has 0 heterocycles. The number of nitrogens with one attached hydrogen (secondary N) is 1. The quantitative estimate of drug-likeness (QED) is 0.551. The Morgan fingerprint density at radius 1 is 1.00 bits per heavy atom. The molecule has 0 aliphatic carbocycles. The van der Waals surface area contributed by atoms with Crippen LogP contribution in [0.5, 0.6) is 5.75 Å². The number of hydrogen-bond acceptors (Lipinski definition) is 4. The number of rotatable bonds is 7. The molecular weight excluding hydrogens is 436 g/mol. The molecular formula is C23H23ClN2O4S. The van der Waals surface area contributed by atoms with Gasteiger partial charge in [-0.2, -0.15) is 0 Å². The van der Waals surface area contributed by atoms with Crippen molar-refractivity contribution < 1.29 is 17.9 Å². The summed E-state index contributed by atoms with van der Waals surface area (Å²) in [7, 11) is -2.52. The number of carbonyl (C=O) groups excluding carboxylic acids is 1. The molecule has 0 radical (unpaired) electrons. The molecule has 31 heavy (non-hydrogen) atoms. The summed E-state index contributed by atoms with van der Waals surface area (Å²) < 4.78 is 33.0. The largest absolute Gasteiger partial charge is 0.497 e. The Morgan fingerprint density at radius 3 is 2.26 bits per heavy atom. The number of nitrogens with zero attached hydrogens (tertiary/aromatic N) is 1. The van der Waals surface area contributed by atoms with E-state index in [4.69, 9.17) is 16.3 Å². The van der Waals surface area contributed by atoms with Crippen molar-refractivity contribution in [2.24, 2.45) is 0 Å². The molecule has 1 N–H and O–H groups in total. The van der Waals surface area contributed by atoms with Crippen molar-refractivity contribution in [1.29, 1.82) is 0 Å². The van der Waals surface area contributed by atoms with E-state index in [-0.39, 0.29) is 4.90 Å². The zero-order valence-corrected chi connectivity index (χ0v) is 19.0. The SMILES string of the molecule is COc1ccc(S(=O)(=O)N(CC(=O)Nc2cccc(C)c2C)c2ccc(Cl)cc2)cc1. The summed E-state index contributed by atoms with van der Waals surface area (Å²) in [6.07, 6.45) is 0. The van der Waals surface area contributed by atoms with E-state index in [1.54, 1.807) is 42.5 Å². The van der Waals surface area contributed by atoms with Gasteiger partial charge in [-0.25, -0.2) is 8.42 Å². The fraction of sp³-hybridized carbons (Fsp3) is 0.174. The summed E-state index contributed by atoms with van der Waals surface area (Å²) >= 11 is 5.97. The molecule has 3 aromatic carbocycles. The summed E-state index contributed by atoms with van der Waals surface area (Å²) in [5, 5.41) is 3.28. The van der Waals surface area contributed by atoms with E-state index in [2.05, 4.69) is 5.32 Å². The number of sulfonamides is 1. The molecule has 0 bridgehead atoms. The number of benzene rings is 3. The molecule has 0 fully saturated rings. The van der Waals surface area contributed by atoms with Gasteiger partial charge >= 0.3 is 0 Å². The molecule has 3 rings (SSSR count). The first-order chi connectivity index (χ1) is 14.7. The molecule has 0 unspecified atom stereocenters. The average molecular weight is 459 g/mol. The highest BCUT2D eigenvalue weighted by Gasteiger charge is 2.27. The van der Waals surface area contributed by atoms with Crippen LogP contribution in [0, 0.1) is 13.8 Å². The number of hydrogen-bond donors (Lipinski definition) is 1. The van der Waals surface area contributed by atoms with Crippen molar-refractivity contribution in [3.8, 4) is 5.75 Å². The van der Waals surface area contributed by atoms with Crippen molar-refractivity contribution in [2.75, 3.05) is 23.3 Å². The predicted molar refractivity (Wildman–Crippen MR) is 124 cm³/mol. The number of methoxy groups -OCH3 is 1. The highest BCUT2D eigenvalue weighted by molar-refractivity contribution is 7.92. The van der Waals surface area contributed by atoms with Gasteiger partial charge in [0.15, 0.2) is 0 Å². The first-order valence-electron chi connectivity index (χ1n) is 9.51. The van der Waals surface area contributed by atoms with Gasteiger partial charge in [-0.05, 0) is 79.6 Å². The molecule has 0 atom stereocenters. The second kappa shape index (κ2) is 9.41. The molecule has 3 aromatic rings. The van der Waals surface area contributed by atoms with Gasteiger partial charge in [0.25, 0.3) is 10.0 Å². The zero-order valence-electron chi connectivity index (χ0n) is 17.4. The zero-order chi connectivity index (χ0) is 22.6. The molecule has 8 heteroatoms. The maximum Gasteiger partial charge on any atom is 0.264 e. The highest BCUT2D eigenvalue weighted by atomic mass is 35.5. The van der Waals surface area contributed by atoms with Gasteiger partial charge in [-0.3, -0.25) is 9.10 Å². The first kappa shape index (κ1) is 22.7. The molecule has 1 amide bonds. The lowest BCUT2D eigenvalue weighted by Crippen LogP contribution is -2.38. The van der Waals surface area contributed by atoms with Gasteiger partial charge in [0.05, 0.1) is 17.7 Å². The predicted octanol–water partition coefficient (Wildman–Crippen LogP) is 4.80. The molecule has 0 aliphatic heterocycles. The van der Waals surface area contributed by atoms with Crippen molar-refractivity contribution in [3.05, 3.63) is 82.9 Å². The Labute approximate surface area is 187 Å². The number of carbonyl (C=O) groups is 1. The van der Waals surface area contributed by atoms with E-state index in [0.29, 0.717) is 22.1 Å². The summed E-state index contributed by atoms with van der Waals surface area (Å²) in [4.78, 5) is 12.9. The molecule has 0 saturated heterocycles. The molecule has 6 nitrogen and oxygen atoms in total. The maximum absolute atomic E-state index is 13.4. The van der Waals surface area contributed by atoms with Crippen molar-refractivity contribution in [1.82, 2.24) is 0 Å². The Bertz CT molecular complexity index is 1180. The van der Waals surface area contributed by atoms with Gasteiger partial charge in [-0.1, -0.05) is 23.7 Å². The van der Waals surface area contributed by atoms with Crippen LogP contribution in [0.2, 0.25) is 5.02 Å². The summed E-state index contributed by atoms with van der Waals surface area (Å²) in [5.74, 6) is 0.0744. The Morgan fingerprint density at radius 2 is 1.65 bits per heavy atom. The Balaban J connectivity index is 1.95. The van der Waals surface area contributed by atoms with Crippen LogP contribution < -0.4 is 14.4 Å². The lowest BCUT2D eigenvalue weighted by atomic mass is 10.1. The average Bonchev–Trinajstić information content (AvgIpc) is 2.76. The number of aryl methyl sites for hydroxylation is 1. The minimum Gasteiger partial charge on any atom is -0.497 e. The molecule has 162 valence electrons.